The Kier molecular flexibility index (Phi) is 3.53. The number of hydrogen-bond donors (Lipinski definition) is 1. The Hall–Kier alpha value is -1.99. The minimum Gasteiger partial charge on any atom is -0.375 e. The molecule has 2 aliphatic heterocycles. The van der Waals surface area contributed by atoms with Gasteiger partial charge in [-0.3, -0.25) is 9.69 Å². The van der Waals surface area contributed by atoms with Gasteiger partial charge in [0.25, 0.3) is 5.91 Å². The van der Waals surface area contributed by atoms with Gasteiger partial charge in [-0.25, -0.2) is 9.50 Å². The van der Waals surface area contributed by atoms with Crippen molar-refractivity contribution in [2.45, 2.75) is 44.4 Å². The SMILES string of the molecule is Cc1c(C(=O)N[C@H]2C[C@H]3CO[C@H](C4CC4)CN3C2)cnc2ccnn12. The smallest absolute Gasteiger partial charge is 0.254 e. The van der Waals surface area contributed by atoms with Crippen LogP contribution >= 0.6 is 0 Å². The van der Waals surface area contributed by atoms with Gasteiger partial charge in [0.05, 0.1) is 30.2 Å². The van der Waals surface area contributed by atoms with Gasteiger partial charge in [-0.1, -0.05) is 0 Å². The molecule has 0 aromatic carbocycles. The summed E-state index contributed by atoms with van der Waals surface area (Å²) >= 11 is 0. The van der Waals surface area contributed by atoms with Gasteiger partial charge in [0.2, 0.25) is 0 Å². The number of rotatable bonds is 3. The molecule has 1 aliphatic carbocycles. The Morgan fingerprint density at radius 1 is 1.36 bits per heavy atom. The lowest BCUT2D eigenvalue weighted by molar-refractivity contribution is -0.0581. The van der Waals surface area contributed by atoms with E-state index in [1.165, 1.54) is 12.8 Å². The van der Waals surface area contributed by atoms with Gasteiger partial charge >= 0.3 is 0 Å². The standard InChI is InChI=1S/C18H23N5O2/c1-11-15(7-19-17-4-5-20-23(11)17)18(24)21-13-6-14-10-25-16(12-2-3-12)9-22(14)8-13/h4-5,7,12-14,16H,2-3,6,8-10H2,1H3,(H,21,24)/t13-,14-,16-/m0/s1. The highest BCUT2D eigenvalue weighted by atomic mass is 16.5. The maximum atomic E-state index is 12.7. The van der Waals surface area contributed by atoms with Gasteiger partial charge in [-0.05, 0) is 32.1 Å². The molecule has 2 aromatic rings. The predicted molar refractivity (Wildman–Crippen MR) is 91.4 cm³/mol. The summed E-state index contributed by atoms with van der Waals surface area (Å²) in [5.41, 5.74) is 2.17. The Morgan fingerprint density at radius 2 is 2.24 bits per heavy atom. The number of fused-ring (bicyclic) bond motifs is 2. The molecular weight excluding hydrogens is 318 g/mol. The first-order valence-corrected chi connectivity index (χ1v) is 9.15. The third-order valence-electron chi connectivity index (χ3n) is 5.83. The van der Waals surface area contributed by atoms with Crippen LogP contribution in [0.2, 0.25) is 0 Å². The summed E-state index contributed by atoms with van der Waals surface area (Å²) in [6, 6.07) is 2.44. The lowest BCUT2D eigenvalue weighted by atomic mass is 10.1. The number of aryl methyl sites for hydroxylation is 1. The van der Waals surface area contributed by atoms with E-state index in [9.17, 15) is 4.79 Å². The van der Waals surface area contributed by atoms with Gasteiger partial charge in [0.1, 0.15) is 0 Å². The number of nitrogens with one attached hydrogen (secondary N) is 1. The Bertz CT molecular complexity index is 815. The molecule has 2 aromatic heterocycles. The van der Waals surface area contributed by atoms with Crippen molar-refractivity contribution in [1.82, 2.24) is 24.8 Å². The summed E-state index contributed by atoms with van der Waals surface area (Å²) in [5, 5.41) is 7.42. The van der Waals surface area contributed by atoms with Crippen LogP contribution in [-0.2, 0) is 4.74 Å². The van der Waals surface area contributed by atoms with E-state index in [1.54, 1.807) is 16.9 Å². The predicted octanol–water partition coefficient (Wildman–Crippen LogP) is 1.02. The van der Waals surface area contributed by atoms with Gasteiger partial charge in [0, 0.05) is 37.4 Å². The van der Waals surface area contributed by atoms with E-state index in [2.05, 4.69) is 20.3 Å². The average Bonchev–Trinajstić information content (AvgIpc) is 3.19. The van der Waals surface area contributed by atoms with E-state index < -0.39 is 0 Å². The van der Waals surface area contributed by atoms with E-state index in [1.807, 2.05) is 13.0 Å². The Morgan fingerprint density at radius 3 is 3.08 bits per heavy atom. The van der Waals surface area contributed by atoms with Crippen LogP contribution in [-0.4, -0.2) is 63.3 Å². The lowest BCUT2D eigenvalue weighted by Crippen LogP contribution is -2.47. The van der Waals surface area contributed by atoms with Gasteiger partial charge in [-0.15, -0.1) is 0 Å². The number of aromatic nitrogens is 3. The summed E-state index contributed by atoms with van der Waals surface area (Å²) < 4.78 is 7.75. The van der Waals surface area contributed by atoms with Crippen molar-refractivity contribution in [3.8, 4) is 0 Å². The Balaban J connectivity index is 1.27. The quantitative estimate of drug-likeness (QED) is 0.902. The second kappa shape index (κ2) is 5.78. The van der Waals surface area contributed by atoms with E-state index >= 15 is 0 Å². The minimum atomic E-state index is -0.0630. The molecule has 7 heteroatoms. The fourth-order valence-electron chi connectivity index (χ4n) is 4.23. The molecule has 7 nitrogen and oxygen atoms in total. The lowest BCUT2D eigenvalue weighted by Gasteiger charge is -2.35. The summed E-state index contributed by atoms with van der Waals surface area (Å²) in [4.78, 5) is 19.5. The zero-order chi connectivity index (χ0) is 17.0. The van der Waals surface area contributed by atoms with E-state index in [0.717, 1.165) is 43.4 Å². The largest absolute Gasteiger partial charge is 0.375 e. The third-order valence-corrected chi connectivity index (χ3v) is 5.83. The van der Waals surface area contributed by atoms with Crippen molar-refractivity contribution >= 4 is 11.6 Å². The first kappa shape index (κ1) is 15.3. The van der Waals surface area contributed by atoms with Crippen LogP contribution in [0.25, 0.3) is 5.65 Å². The van der Waals surface area contributed by atoms with Crippen molar-refractivity contribution in [3.63, 3.8) is 0 Å². The summed E-state index contributed by atoms with van der Waals surface area (Å²) in [6.45, 7) is 4.64. The van der Waals surface area contributed by atoms with E-state index in [-0.39, 0.29) is 11.9 Å². The molecule has 2 saturated heterocycles. The summed E-state index contributed by atoms with van der Waals surface area (Å²) in [7, 11) is 0. The van der Waals surface area contributed by atoms with Crippen molar-refractivity contribution < 1.29 is 9.53 Å². The number of morpholine rings is 1. The molecule has 3 fully saturated rings. The second-order valence-corrected chi connectivity index (χ2v) is 7.58. The van der Waals surface area contributed by atoms with Crippen molar-refractivity contribution in [3.05, 3.63) is 29.7 Å². The first-order chi connectivity index (χ1) is 12.2. The van der Waals surface area contributed by atoms with Crippen LogP contribution < -0.4 is 5.32 Å². The maximum absolute atomic E-state index is 12.7. The first-order valence-electron chi connectivity index (χ1n) is 9.15. The van der Waals surface area contributed by atoms with Crippen LogP contribution in [0.5, 0.6) is 0 Å². The molecule has 4 heterocycles. The van der Waals surface area contributed by atoms with Crippen LogP contribution in [0, 0.1) is 12.8 Å². The van der Waals surface area contributed by atoms with Crippen LogP contribution in [0.4, 0.5) is 0 Å². The monoisotopic (exact) mass is 341 g/mol. The number of carbonyl (C=O) groups is 1. The Labute approximate surface area is 146 Å². The molecule has 0 unspecified atom stereocenters. The van der Waals surface area contributed by atoms with Crippen molar-refractivity contribution in [2.24, 2.45) is 5.92 Å². The molecule has 0 radical (unpaired) electrons. The maximum Gasteiger partial charge on any atom is 0.254 e. The van der Waals surface area contributed by atoms with Crippen LogP contribution in [0.15, 0.2) is 18.5 Å². The second-order valence-electron chi connectivity index (χ2n) is 7.58. The fraction of sp³-hybridized carbons (Fsp3) is 0.611. The molecule has 25 heavy (non-hydrogen) atoms. The normalized spacial score (nSPS) is 29.7. The summed E-state index contributed by atoms with van der Waals surface area (Å²) in [5.74, 6) is 0.705. The van der Waals surface area contributed by atoms with Crippen LogP contribution in [0.3, 0.4) is 0 Å². The molecule has 3 atom stereocenters. The zero-order valence-electron chi connectivity index (χ0n) is 14.4. The number of carbonyl (C=O) groups excluding carboxylic acids is 1. The third kappa shape index (κ3) is 2.71. The minimum absolute atomic E-state index is 0.0630. The topological polar surface area (TPSA) is 71.8 Å². The molecule has 3 aliphatic rings. The zero-order valence-corrected chi connectivity index (χ0v) is 14.4. The molecular formula is C18H23N5O2. The fourth-order valence-corrected chi connectivity index (χ4v) is 4.23. The number of amides is 1. The van der Waals surface area contributed by atoms with Gasteiger partial charge < -0.3 is 10.1 Å². The average molecular weight is 341 g/mol. The van der Waals surface area contributed by atoms with Gasteiger partial charge in [-0.2, -0.15) is 5.10 Å². The van der Waals surface area contributed by atoms with Crippen LogP contribution in [0.1, 0.15) is 35.3 Å². The molecule has 1 saturated carbocycles. The highest BCUT2D eigenvalue weighted by molar-refractivity contribution is 5.95. The molecule has 5 rings (SSSR count). The number of hydrogen-bond acceptors (Lipinski definition) is 5. The van der Waals surface area contributed by atoms with E-state index in [4.69, 9.17) is 4.74 Å². The van der Waals surface area contributed by atoms with Crippen molar-refractivity contribution in [2.75, 3.05) is 19.7 Å². The van der Waals surface area contributed by atoms with Gasteiger partial charge in [0.15, 0.2) is 5.65 Å². The molecule has 0 spiro atoms. The number of ether oxygens (including phenoxy) is 1. The highest BCUT2D eigenvalue weighted by Gasteiger charge is 2.42. The van der Waals surface area contributed by atoms with Crippen molar-refractivity contribution in [1.29, 1.82) is 0 Å². The molecule has 0 bridgehead atoms. The summed E-state index contributed by atoms with van der Waals surface area (Å²) in [6.07, 6.45) is 7.33. The molecule has 1 N–H and O–H groups in total. The van der Waals surface area contributed by atoms with E-state index in [0.29, 0.717) is 17.7 Å². The molecule has 132 valence electrons. The molecule has 1 amide bonds. The highest BCUT2D eigenvalue weighted by Crippen LogP contribution is 2.37. The number of nitrogens with zero attached hydrogens (tertiary/aromatic N) is 4.